The summed E-state index contributed by atoms with van der Waals surface area (Å²) in [5.74, 6) is -2.71. The molecule has 138 valence electrons. The van der Waals surface area contributed by atoms with Gasteiger partial charge in [0.15, 0.2) is 0 Å². The van der Waals surface area contributed by atoms with E-state index in [1.165, 1.54) is 11.3 Å². The van der Waals surface area contributed by atoms with Crippen molar-refractivity contribution in [3.63, 3.8) is 0 Å². The second-order valence-electron chi connectivity index (χ2n) is 6.22. The monoisotopic (exact) mass is 374 g/mol. The van der Waals surface area contributed by atoms with Crippen LogP contribution in [0.15, 0.2) is 47.8 Å². The Morgan fingerprint density at radius 3 is 2.31 bits per heavy atom. The van der Waals surface area contributed by atoms with Crippen molar-refractivity contribution >= 4 is 29.1 Å². The molecular weight excluding hydrogens is 352 g/mol. The molecule has 0 radical (unpaired) electrons. The third-order valence-corrected chi connectivity index (χ3v) is 4.83. The van der Waals surface area contributed by atoms with Crippen LogP contribution in [0.2, 0.25) is 0 Å². The van der Waals surface area contributed by atoms with Crippen molar-refractivity contribution in [2.45, 2.75) is 25.8 Å². The average Bonchev–Trinajstić information content (AvgIpc) is 3.14. The lowest BCUT2D eigenvalue weighted by Gasteiger charge is -2.22. The predicted molar refractivity (Wildman–Crippen MR) is 100 cm³/mol. The first kappa shape index (κ1) is 19.7. The van der Waals surface area contributed by atoms with Crippen molar-refractivity contribution in [3.8, 4) is 0 Å². The molecule has 2 rings (SSSR count). The fourth-order valence-electron chi connectivity index (χ4n) is 2.50. The van der Waals surface area contributed by atoms with E-state index in [4.69, 9.17) is 0 Å². The van der Waals surface area contributed by atoms with Crippen LogP contribution in [0.5, 0.6) is 0 Å². The standard InChI is InChI=1S/C19H22N2O4S/c1-12(2)16(21-17(22)15-9-6-10-26-15)18(23)20-11-14(19(24)25)13-7-4-3-5-8-13/h3-10,12,14,16H,11H2,1-2H3,(H,20,23)(H,21,22)(H,24,25). The summed E-state index contributed by atoms with van der Waals surface area (Å²) in [6.07, 6.45) is 0. The summed E-state index contributed by atoms with van der Waals surface area (Å²) in [6.45, 7) is 3.60. The third-order valence-electron chi connectivity index (χ3n) is 3.96. The second kappa shape index (κ2) is 9.15. The number of carbonyl (C=O) groups excluding carboxylic acids is 2. The molecule has 0 saturated heterocycles. The van der Waals surface area contributed by atoms with E-state index in [1.807, 2.05) is 13.8 Å². The Kier molecular flexibility index (Phi) is 6.91. The van der Waals surface area contributed by atoms with Gasteiger partial charge in [0, 0.05) is 6.54 Å². The molecular formula is C19H22N2O4S. The second-order valence-corrected chi connectivity index (χ2v) is 7.17. The largest absolute Gasteiger partial charge is 0.481 e. The Morgan fingerprint density at radius 1 is 1.08 bits per heavy atom. The van der Waals surface area contributed by atoms with Gasteiger partial charge >= 0.3 is 5.97 Å². The molecule has 7 heteroatoms. The Morgan fingerprint density at radius 2 is 1.77 bits per heavy atom. The highest BCUT2D eigenvalue weighted by Crippen LogP contribution is 2.15. The lowest BCUT2D eigenvalue weighted by Crippen LogP contribution is -2.50. The molecule has 0 aliphatic heterocycles. The van der Waals surface area contributed by atoms with E-state index in [2.05, 4.69) is 10.6 Å². The highest BCUT2D eigenvalue weighted by molar-refractivity contribution is 7.12. The number of carboxylic acid groups (broad SMARTS) is 1. The third kappa shape index (κ3) is 5.16. The van der Waals surface area contributed by atoms with Crippen molar-refractivity contribution in [2.24, 2.45) is 5.92 Å². The van der Waals surface area contributed by atoms with Crippen molar-refractivity contribution in [3.05, 3.63) is 58.3 Å². The molecule has 6 nitrogen and oxygen atoms in total. The molecule has 1 aromatic carbocycles. The minimum Gasteiger partial charge on any atom is -0.481 e. The minimum atomic E-state index is -1.01. The zero-order valence-electron chi connectivity index (χ0n) is 14.6. The van der Waals surface area contributed by atoms with Gasteiger partial charge in [-0.3, -0.25) is 14.4 Å². The number of hydrogen-bond acceptors (Lipinski definition) is 4. The van der Waals surface area contributed by atoms with Crippen molar-refractivity contribution in [1.29, 1.82) is 0 Å². The fourth-order valence-corrected chi connectivity index (χ4v) is 3.13. The van der Waals surface area contributed by atoms with E-state index in [1.54, 1.807) is 47.8 Å². The smallest absolute Gasteiger partial charge is 0.312 e. The maximum atomic E-state index is 12.5. The normalized spacial score (nSPS) is 13.0. The van der Waals surface area contributed by atoms with E-state index in [9.17, 15) is 19.5 Å². The van der Waals surface area contributed by atoms with Gasteiger partial charge in [0.1, 0.15) is 6.04 Å². The van der Waals surface area contributed by atoms with Crippen LogP contribution in [0, 0.1) is 5.92 Å². The van der Waals surface area contributed by atoms with Crippen LogP contribution >= 0.6 is 11.3 Å². The Labute approximate surface area is 156 Å². The number of aliphatic carboxylic acids is 1. The van der Waals surface area contributed by atoms with E-state index >= 15 is 0 Å². The first-order valence-electron chi connectivity index (χ1n) is 8.30. The molecule has 2 amide bonds. The van der Waals surface area contributed by atoms with Gasteiger partial charge in [-0.15, -0.1) is 11.3 Å². The molecule has 0 saturated carbocycles. The molecule has 0 aliphatic rings. The molecule has 2 aromatic rings. The number of rotatable bonds is 8. The van der Waals surface area contributed by atoms with E-state index in [0.29, 0.717) is 10.4 Å². The SMILES string of the molecule is CC(C)C(NC(=O)c1cccs1)C(=O)NCC(C(=O)O)c1ccccc1. The lowest BCUT2D eigenvalue weighted by molar-refractivity contribution is -0.138. The van der Waals surface area contributed by atoms with Crippen LogP contribution in [0.4, 0.5) is 0 Å². The molecule has 1 aromatic heterocycles. The summed E-state index contributed by atoms with van der Waals surface area (Å²) in [7, 11) is 0. The van der Waals surface area contributed by atoms with Crippen LogP contribution < -0.4 is 10.6 Å². The Hall–Kier alpha value is -2.67. The molecule has 26 heavy (non-hydrogen) atoms. The Balaban J connectivity index is 2.02. The lowest BCUT2D eigenvalue weighted by atomic mass is 9.98. The van der Waals surface area contributed by atoms with Crippen molar-refractivity contribution in [1.82, 2.24) is 10.6 Å². The van der Waals surface area contributed by atoms with E-state index in [-0.39, 0.29) is 18.4 Å². The van der Waals surface area contributed by atoms with Gasteiger partial charge in [0.25, 0.3) is 5.91 Å². The summed E-state index contributed by atoms with van der Waals surface area (Å²) in [4.78, 5) is 36.8. The van der Waals surface area contributed by atoms with E-state index in [0.717, 1.165) is 0 Å². The Bertz CT molecular complexity index is 744. The summed E-state index contributed by atoms with van der Waals surface area (Å²) in [5, 5.41) is 16.6. The molecule has 3 N–H and O–H groups in total. The quantitative estimate of drug-likeness (QED) is 0.661. The van der Waals surface area contributed by atoms with E-state index < -0.39 is 23.8 Å². The highest BCUT2D eigenvalue weighted by Gasteiger charge is 2.27. The molecule has 0 aliphatic carbocycles. The van der Waals surface area contributed by atoms with Gasteiger partial charge in [-0.25, -0.2) is 0 Å². The fraction of sp³-hybridized carbons (Fsp3) is 0.316. The summed E-state index contributed by atoms with van der Waals surface area (Å²) >= 11 is 1.29. The van der Waals surface area contributed by atoms with Crippen molar-refractivity contribution in [2.75, 3.05) is 6.54 Å². The van der Waals surface area contributed by atoms with Gasteiger partial charge in [-0.05, 0) is 22.9 Å². The van der Waals surface area contributed by atoms with Gasteiger partial charge < -0.3 is 15.7 Å². The number of carboxylic acids is 1. The molecule has 0 bridgehead atoms. The number of amides is 2. The zero-order valence-corrected chi connectivity index (χ0v) is 15.5. The van der Waals surface area contributed by atoms with Crippen LogP contribution in [-0.4, -0.2) is 35.5 Å². The summed E-state index contributed by atoms with van der Waals surface area (Å²) in [5.41, 5.74) is 0.615. The summed E-state index contributed by atoms with van der Waals surface area (Å²) in [6, 6.07) is 11.4. The molecule has 0 fully saturated rings. The number of carbonyl (C=O) groups is 3. The maximum absolute atomic E-state index is 12.5. The molecule has 1 heterocycles. The number of hydrogen-bond donors (Lipinski definition) is 3. The molecule has 2 unspecified atom stereocenters. The highest BCUT2D eigenvalue weighted by atomic mass is 32.1. The van der Waals surface area contributed by atoms with Gasteiger partial charge in [-0.1, -0.05) is 50.2 Å². The van der Waals surface area contributed by atoms with Gasteiger partial charge in [-0.2, -0.15) is 0 Å². The van der Waals surface area contributed by atoms with Crippen LogP contribution in [0.3, 0.4) is 0 Å². The number of nitrogens with one attached hydrogen (secondary N) is 2. The number of benzene rings is 1. The average molecular weight is 374 g/mol. The van der Waals surface area contributed by atoms with Crippen LogP contribution in [0.25, 0.3) is 0 Å². The van der Waals surface area contributed by atoms with Crippen molar-refractivity contribution < 1.29 is 19.5 Å². The van der Waals surface area contributed by atoms with Crippen LogP contribution in [0.1, 0.15) is 35.0 Å². The zero-order chi connectivity index (χ0) is 19.1. The van der Waals surface area contributed by atoms with Crippen LogP contribution in [-0.2, 0) is 9.59 Å². The topological polar surface area (TPSA) is 95.5 Å². The minimum absolute atomic E-state index is 0.0454. The molecule has 0 spiro atoms. The van der Waals surface area contributed by atoms with Gasteiger partial charge in [0.2, 0.25) is 5.91 Å². The predicted octanol–water partition coefficient (Wildman–Crippen LogP) is 2.49. The molecule has 2 atom stereocenters. The first-order chi connectivity index (χ1) is 12.4. The number of thiophene rings is 1. The summed E-state index contributed by atoms with van der Waals surface area (Å²) < 4.78 is 0. The first-order valence-corrected chi connectivity index (χ1v) is 9.18. The van der Waals surface area contributed by atoms with Gasteiger partial charge in [0.05, 0.1) is 10.8 Å². The maximum Gasteiger partial charge on any atom is 0.312 e.